The van der Waals surface area contributed by atoms with Crippen LogP contribution >= 0.6 is 0 Å². The Balaban J connectivity index is 1.88. The van der Waals surface area contributed by atoms with E-state index in [1.54, 1.807) is 0 Å². The Morgan fingerprint density at radius 1 is 0.577 bits per heavy atom. The van der Waals surface area contributed by atoms with Gasteiger partial charge in [-0.05, 0) is 59.2 Å². The van der Waals surface area contributed by atoms with Gasteiger partial charge in [0, 0.05) is 23.5 Å². The van der Waals surface area contributed by atoms with Crippen LogP contribution in [0.25, 0.3) is 39.7 Å². The summed E-state index contributed by atoms with van der Waals surface area (Å²) in [6, 6.07) is 26.8. The van der Waals surface area contributed by atoms with Crippen LogP contribution in [0.5, 0.6) is 0 Å². The number of nitrogens with zero attached hydrogens (tertiary/aromatic N) is 2. The molecule has 0 radical (unpaired) electrons. The molecule has 26 heavy (non-hydrogen) atoms. The largest absolute Gasteiger partial charge is 0.256 e. The second-order valence-electron chi connectivity index (χ2n) is 6.06. The Morgan fingerprint density at radius 3 is 1.58 bits per heavy atom. The molecule has 0 bridgehead atoms. The average molecular weight is 334 g/mol. The molecule has 124 valence electrons. The predicted molar refractivity (Wildman–Crippen MR) is 108 cm³/mol. The number of rotatable bonds is 4. The van der Waals surface area contributed by atoms with Crippen LogP contribution in [-0.2, 0) is 0 Å². The molecular formula is C24H18N2. The van der Waals surface area contributed by atoms with Crippen molar-refractivity contribution in [1.82, 2.24) is 9.97 Å². The first-order valence-corrected chi connectivity index (χ1v) is 8.54. The summed E-state index contributed by atoms with van der Waals surface area (Å²) >= 11 is 0. The highest BCUT2D eigenvalue weighted by atomic mass is 14.7. The van der Waals surface area contributed by atoms with E-state index in [2.05, 4.69) is 59.0 Å². The van der Waals surface area contributed by atoms with Gasteiger partial charge >= 0.3 is 0 Å². The molecule has 2 aromatic heterocycles. The topological polar surface area (TPSA) is 25.8 Å². The first-order chi connectivity index (χ1) is 12.8. The molecule has 4 aromatic rings. The third-order valence-corrected chi connectivity index (χ3v) is 4.33. The lowest BCUT2D eigenvalue weighted by Crippen LogP contribution is -1.89. The van der Waals surface area contributed by atoms with Gasteiger partial charge < -0.3 is 0 Å². The summed E-state index contributed by atoms with van der Waals surface area (Å²) in [6.45, 7) is 3.82. The van der Waals surface area contributed by atoms with Crippen LogP contribution in [-0.4, -0.2) is 9.97 Å². The molecule has 2 heterocycles. The van der Waals surface area contributed by atoms with Gasteiger partial charge in [0.2, 0.25) is 0 Å². The van der Waals surface area contributed by atoms with Crippen molar-refractivity contribution in [2.45, 2.75) is 0 Å². The van der Waals surface area contributed by atoms with E-state index >= 15 is 0 Å². The van der Waals surface area contributed by atoms with Crippen LogP contribution in [0.4, 0.5) is 0 Å². The van der Waals surface area contributed by atoms with Gasteiger partial charge in [-0.3, -0.25) is 9.97 Å². The van der Waals surface area contributed by atoms with E-state index in [1.807, 2.05) is 54.9 Å². The molecule has 0 N–H and O–H groups in total. The fourth-order valence-corrected chi connectivity index (χ4v) is 2.97. The fourth-order valence-electron chi connectivity index (χ4n) is 2.97. The number of hydrogen-bond donors (Lipinski definition) is 0. The highest BCUT2D eigenvalue weighted by Gasteiger charge is 2.08. The standard InChI is InChI=1S/C24H18N2/c1-2-18-9-11-19(12-10-18)20-15-21(23-7-3-5-13-25-23)17-22(16-20)24-8-4-6-14-26-24/h2-17H,1H2. The minimum Gasteiger partial charge on any atom is -0.256 e. The summed E-state index contributed by atoms with van der Waals surface area (Å²) < 4.78 is 0. The zero-order chi connectivity index (χ0) is 17.8. The predicted octanol–water partition coefficient (Wildman–Crippen LogP) is 6.12. The van der Waals surface area contributed by atoms with Gasteiger partial charge in [0.1, 0.15) is 0 Å². The van der Waals surface area contributed by atoms with Gasteiger partial charge in [-0.25, -0.2) is 0 Å². The molecule has 0 saturated heterocycles. The monoisotopic (exact) mass is 334 g/mol. The van der Waals surface area contributed by atoms with Gasteiger partial charge in [-0.15, -0.1) is 0 Å². The van der Waals surface area contributed by atoms with Gasteiger partial charge in [0.25, 0.3) is 0 Å². The lowest BCUT2D eigenvalue weighted by Gasteiger charge is -2.10. The molecule has 0 spiro atoms. The van der Waals surface area contributed by atoms with E-state index in [0.717, 1.165) is 39.2 Å². The molecule has 0 fully saturated rings. The summed E-state index contributed by atoms with van der Waals surface area (Å²) in [6.07, 6.45) is 5.50. The molecule has 2 heteroatoms. The average Bonchev–Trinajstić information content (AvgIpc) is 2.75. The van der Waals surface area contributed by atoms with Crippen LogP contribution in [0.2, 0.25) is 0 Å². The van der Waals surface area contributed by atoms with Gasteiger partial charge in [0.05, 0.1) is 11.4 Å². The smallest absolute Gasteiger partial charge is 0.0702 e. The van der Waals surface area contributed by atoms with E-state index in [9.17, 15) is 0 Å². The molecule has 0 aliphatic heterocycles. The SMILES string of the molecule is C=Cc1ccc(-c2cc(-c3ccccn3)cc(-c3ccccn3)c2)cc1. The first-order valence-electron chi connectivity index (χ1n) is 8.54. The van der Waals surface area contributed by atoms with E-state index in [-0.39, 0.29) is 0 Å². The van der Waals surface area contributed by atoms with Crippen LogP contribution in [0.3, 0.4) is 0 Å². The molecule has 0 amide bonds. The van der Waals surface area contributed by atoms with E-state index < -0.39 is 0 Å². The third-order valence-electron chi connectivity index (χ3n) is 4.33. The van der Waals surface area contributed by atoms with Gasteiger partial charge in [-0.2, -0.15) is 0 Å². The van der Waals surface area contributed by atoms with Crippen molar-refractivity contribution in [3.05, 3.63) is 103 Å². The lowest BCUT2D eigenvalue weighted by atomic mass is 9.96. The molecule has 0 unspecified atom stereocenters. The van der Waals surface area contributed by atoms with Crippen molar-refractivity contribution in [2.24, 2.45) is 0 Å². The summed E-state index contributed by atoms with van der Waals surface area (Å²) in [5.74, 6) is 0. The Kier molecular flexibility index (Phi) is 4.40. The molecular weight excluding hydrogens is 316 g/mol. The number of benzene rings is 2. The van der Waals surface area contributed by atoms with Gasteiger partial charge in [0.15, 0.2) is 0 Å². The van der Waals surface area contributed by atoms with Crippen molar-refractivity contribution >= 4 is 6.08 Å². The summed E-state index contributed by atoms with van der Waals surface area (Å²) in [5.41, 5.74) is 7.48. The second-order valence-corrected chi connectivity index (χ2v) is 6.06. The Morgan fingerprint density at radius 2 is 1.12 bits per heavy atom. The first kappa shape index (κ1) is 16.0. The van der Waals surface area contributed by atoms with Crippen LogP contribution < -0.4 is 0 Å². The molecule has 4 rings (SSSR count). The van der Waals surface area contributed by atoms with Crippen molar-refractivity contribution in [1.29, 1.82) is 0 Å². The van der Waals surface area contributed by atoms with Gasteiger partial charge in [-0.1, -0.05) is 49.1 Å². The lowest BCUT2D eigenvalue weighted by molar-refractivity contribution is 1.31. The molecule has 0 saturated carbocycles. The van der Waals surface area contributed by atoms with E-state index in [4.69, 9.17) is 0 Å². The van der Waals surface area contributed by atoms with E-state index in [0.29, 0.717) is 0 Å². The molecule has 2 nitrogen and oxygen atoms in total. The van der Waals surface area contributed by atoms with Crippen LogP contribution in [0.1, 0.15) is 5.56 Å². The Labute approximate surface area is 153 Å². The molecule has 0 aliphatic rings. The number of pyridine rings is 2. The second kappa shape index (κ2) is 7.16. The zero-order valence-electron chi connectivity index (χ0n) is 14.3. The van der Waals surface area contributed by atoms with Crippen molar-refractivity contribution < 1.29 is 0 Å². The maximum atomic E-state index is 4.51. The molecule has 2 aromatic carbocycles. The van der Waals surface area contributed by atoms with Crippen LogP contribution in [0.15, 0.2) is 97.8 Å². The molecule has 0 aliphatic carbocycles. The fraction of sp³-hybridized carbons (Fsp3) is 0. The minimum absolute atomic E-state index is 0.953. The summed E-state index contributed by atoms with van der Waals surface area (Å²) in [4.78, 5) is 9.02. The van der Waals surface area contributed by atoms with Crippen molar-refractivity contribution in [3.63, 3.8) is 0 Å². The zero-order valence-corrected chi connectivity index (χ0v) is 14.3. The maximum Gasteiger partial charge on any atom is 0.0702 e. The number of hydrogen-bond acceptors (Lipinski definition) is 2. The van der Waals surface area contributed by atoms with Crippen molar-refractivity contribution in [2.75, 3.05) is 0 Å². The van der Waals surface area contributed by atoms with Crippen molar-refractivity contribution in [3.8, 4) is 33.6 Å². The molecule has 0 atom stereocenters. The summed E-state index contributed by atoms with van der Waals surface area (Å²) in [7, 11) is 0. The third kappa shape index (κ3) is 3.31. The normalized spacial score (nSPS) is 10.5. The highest BCUT2D eigenvalue weighted by molar-refractivity contribution is 5.79. The van der Waals surface area contributed by atoms with E-state index in [1.165, 1.54) is 0 Å². The van der Waals surface area contributed by atoms with Crippen LogP contribution in [0, 0.1) is 0 Å². The Bertz CT molecular complexity index is 963. The Hall–Kier alpha value is -3.52. The highest BCUT2D eigenvalue weighted by Crippen LogP contribution is 2.31. The minimum atomic E-state index is 0.953. The maximum absolute atomic E-state index is 4.51. The number of aromatic nitrogens is 2. The quantitative estimate of drug-likeness (QED) is 0.449. The summed E-state index contributed by atoms with van der Waals surface area (Å²) in [5, 5.41) is 0.